The SMILES string of the molecule is CC1CCC1c1nnc(N)s1. The molecule has 1 aliphatic carbocycles. The van der Waals surface area contributed by atoms with Crippen LogP contribution in [0.1, 0.15) is 30.7 Å². The summed E-state index contributed by atoms with van der Waals surface area (Å²) in [5.41, 5.74) is 5.49. The molecule has 2 unspecified atom stereocenters. The number of hydrogen-bond donors (Lipinski definition) is 1. The van der Waals surface area contributed by atoms with Crippen LogP contribution in [0.4, 0.5) is 5.13 Å². The minimum absolute atomic E-state index is 0.596. The summed E-state index contributed by atoms with van der Waals surface area (Å²) in [5, 5.41) is 9.55. The molecule has 60 valence electrons. The van der Waals surface area contributed by atoms with Crippen LogP contribution >= 0.6 is 11.3 Å². The molecule has 2 rings (SSSR count). The van der Waals surface area contributed by atoms with Gasteiger partial charge in [0, 0.05) is 5.92 Å². The van der Waals surface area contributed by atoms with E-state index in [2.05, 4.69) is 17.1 Å². The van der Waals surface area contributed by atoms with Gasteiger partial charge in [0.15, 0.2) is 0 Å². The van der Waals surface area contributed by atoms with Gasteiger partial charge in [-0.05, 0) is 18.8 Å². The van der Waals surface area contributed by atoms with E-state index in [0.717, 1.165) is 10.9 Å². The van der Waals surface area contributed by atoms with Gasteiger partial charge in [0.1, 0.15) is 5.01 Å². The second-order valence-electron chi connectivity index (χ2n) is 3.14. The van der Waals surface area contributed by atoms with Crippen molar-refractivity contribution < 1.29 is 0 Å². The van der Waals surface area contributed by atoms with Crippen molar-refractivity contribution in [2.75, 3.05) is 5.73 Å². The molecule has 0 amide bonds. The summed E-state index contributed by atoms with van der Waals surface area (Å²) in [5.74, 6) is 1.42. The standard InChI is InChI=1S/C7H11N3S/c1-4-2-3-5(4)6-9-10-7(8)11-6/h4-5H,2-3H2,1H3,(H2,8,10). The molecule has 0 radical (unpaired) electrons. The van der Waals surface area contributed by atoms with Crippen LogP contribution in [0.15, 0.2) is 0 Å². The molecule has 0 bridgehead atoms. The Morgan fingerprint density at radius 2 is 2.27 bits per heavy atom. The molecule has 1 aliphatic rings. The number of nitrogens with zero attached hydrogens (tertiary/aromatic N) is 2. The zero-order valence-electron chi connectivity index (χ0n) is 6.45. The molecule has 1 aromatic heterocycles. The van der Waals surface area contributed by atoms with Gasteiger partial charge in [-0.2, -0.15) is 0 Å². The first kappa shape index (κ1) is 7.03. The lowest BCUT2D eigenvalue weighted by atomic mass is 9.75. The Labute approximate surface area is 69.6 Å². The van der Waals surface area contributed by atoms with E-state index in [1.165, 1.54) is 24.2 Å². The van der Waals surface area contributed by atoms with E-state index >= 15 is 0 Å². The van der Waals surface area contributed by atoms with Crippen molar-refractivity contribution >= 4 is 16.5 Å². The topological polar surface area (TPSA) is 51.8 Å². The van der Waals surface area contributed by atoms with Crippen molar-refractivity contribution in [3.05, 3.63) is 5.01 Å². The maximum absolute atomic E-state index is 5.49. The first-order valence-corrected chi connectivity index (χ1v) is 4.68. The predicted molar refractivity (Wildman–Crippen MR) is 45.5 cm³/mol. The number of rotatable bonds is 1. The Hall–Kier alpha value is -0.640. The van der Waals surface area contributed by atoms with Gasteiger partial charge >= 0.3 is 0 Å². The van der Waals surface area contributed by atoms with Crippen molar-refractivity contribution in [2.45, 2.75) is 25.7 Å². The lowest BCUT2D eigenvalue weighted by molar-refractivity contribution is 0.278. The van der Waals surface area contributed by atoms with Gasteiger partial charge in [-0.25, -0.2) is 0 Å². The van der Waals surface area contributed by atoms with Gasteiger partial charge in [0.25, 0.3) is 0 Å². The van der Waals surface area contributed by atoms with Gasteiger partial charge in [-0.15, -0.1) is 10.2 Å². The molecule has 3 nitrogen and oxygen atoms in total. The molecule has 2 atom stereocenters. The van der Waals surface area contributed by atoms with E-state index < -0.39 is 0 Å². The minimum Gasteiger partial charge on any atom is -0.374 e. The van der Waals surface area contributed by atoms with E-state index in [0.29, 0.717) is 11.0 Å². The van der Waals surface area contributed by atoms with Crippen molar-refractivity contribution in [3.63, 3.8) is 0 Å². The van der Waals surface area contributed by atoms with Crippen molar-refractivity contribution in [3.8, 4) is 0 Å². The predicted octanol–water partition coefficient (Wildman–Crippen LogP) is 1.63. The first-order valence-electron chi connectivity index (χ1n) is 3.86. The molecular formula is C7H11N3S. The number of nitrogen functional groups attached to an aromatic ring is 1. The quantitative estimate of drug-likeness (QED) is 0.695. The highest BCUT2D eigenvalue weighted by Gasteiger charge is 2.30. The highest BCUT2D eigenvalue weighted by molar-refractivity contribution is 7.15. The molecule has 0 aliphatic heterocycles. The summed E-state index contributed by atoms with van der Waals surface area (Å²) >= 11 is 1.53. The summed E-state index contributed by atoms with van der Waals surface area (Å²) in [6.45, 7) is 2.26. The lowest BCUT2D eigenvalue weighted by Crippen LogP contribution is -2.20. The summed E-state index contributed by atoms with van der Waals surface area (Å²) in [6, 6.07) is 0. The van der Waals surface area contributed by atoms with Gasteiger partial charge in [0.2, 0.25) is 5.13 Å². The smallest absolute Gasteiger partial charge is 0.203 e. The molecule has 11 heavy (non-hydrogen) atoms. The fourth-order valence-electron chi connectivity index (χ4n) is 1.43. The van der Waals surface area contributed by atoms with Gasteiger partial charge in [0.05, 0.1) is 0 Å². The molecule has 2 N–H and O–H groups in total. The van der Waals surface area contributed by atoms with Crippen LogP contribution in [-0.4, -0.2) is 10.2 Å². The average molecular weight is 169 g/mol. The summed E-state index contributed by atoms with van der Waals surface area (Å²) in [6.07, 6.45) is 2.58. The maximum Gasteiger partial charge on any atom is 0.203 e. The first-order chi connectivity index (χ1) is 5.27. The van der Waals surface area contributed by atoms with E-state index in [-0.39, 0.29) is 0 Å². The zero-order valence-corrected chi connectivity index (χ0v) is 7.27. The molecule has 0 saturated heterocycles. The third-order valence-corrected chi connectivity index (χ3v) is 3.28. The van der Waals surface area contributed by atoms with Crippen LogP contribution in [0, 0.1) is 5.92 Å². The molecule has 1 aromatic rings. The normalized spacial score (nSPS) is 29.9. The molecule has 1 fully saturated rings. The molecule has 4 heteroatoms. The van der Waals surface area contributed by atoms with E-state index in [1.54, 1.807) is 0 Å². The van der Waals surface area contributed by atoms with Crippen LogP contribution in [0.3, 0.4) is 0 Å². The molecule has 1 saturated carbocycles. The summed E-state index contributed by atoms with van der Waals surface area (Å²) in [7, 11) is 0. The van der Waals surface area contributed by atoms with Crippen molar-refractivity contribution in [1.82, 2.24) is 10.2 Å². The second-order valence-corrected chi connectivity index (χ2v) is 4.18. The Kier molecular flexibility index (Phi) is 1.56. The largest absolute Gasteiger partial charge is 0.374 e. The van der Waals surface area contributed by atoms with Gasteiger partial charge < -0.3 is 5.73 Å². The summed E-state index contributed by atoms with van der Waals surface area (Å²) < 4.78 is 0. The number of nitrogens with two attached hydrogens (primary N) is 1. The van der Waals surface area contributed by atoms with Gasteiger partial charge in [-0.3, -0.25) is 0 Å². The number of hydrogen-bond acceptors (Lipinski definition) is 4. The van der Waals surface area contributed by atoms with Crippen molar-refractivity contribution in [1.29, 1.82) is 0 Å². The third-order valence-electron chi connectivity index (χ3n) is 2.39. The second kappa shape index (κ2) is 2.44. The van der Waals surface area contributed by atoms with E-state index in [4.69, 9.17) is 5.73 Å². The Morgan fingerprint density at radius 3 is 2.64 bits per heavy atom. The zero-order chi connectivity index (χ0) is 7.84. The number of anilines is 1. The third kappa shape index (κ3) is 1.11. The average Bonchev–Trinajstić information content (AvgIpc) is 2.33. The van der Waals surface area contributed by atoms with Crippen LogP contribution in [-0.2, 0) is 0 Å². The fraction of sp³-hybridized carbons (Fsp3) is 0.714. The minimum atomic E-state index is 0.596. The van der Waals surface area contributed by atoms with Crippen LogP contribution < -0.4 is 5.73 Å². The van der Waals surface area contributed by atoms with E-state index in [1.807, 2.05) is 0 Å². The Balaban J connectivity index is 2.16. The van der Waals surface area contributed by atoms with Crippen LogP contribution in [0.25, 0.3) is 0 Å². The molecular weight excluding hydrogens is 158 g/mol. The van der Waals surface area contributed by atoms with Crippen LogP contribution in [0.2, 0.25) is 0 Å². The monoisotopic (exact) mass is 169 g/mol. The highest BCUT2D eigenvalue weighted by Crippen LogP contribution is 2.43. The highest BCUT2D eigenvalue weighted by atomic mass is 32.1. The Bertz CT molecular complexity index is 258. The molecule has 0 aromatic carbocycles. The fourth-order valence-corrected chi connectivity index (χ4v) is 2.31. The Morgan fingerprint density at radius 1 is 1.45 bits per heavy atom. The lowest BCUT2D eigenvalue weighted by Gasteiger charge is -2.31. The number of aromatic nitrogens is 2. The maximum atomic E-state index is 5.49. The van der Waals surface area contributed by atoms with E-state index in [9.17, 15) is 0 Å². The van der Waals surface area contributed by atoms with Crippen LogP contribution in [0.5, 0.6) is 0 Å². The molecule has 1 heterocycles. The van der Waals surface area contributed by atoms with Crippen molar-refractivity contribution in [2.24, 2.45) is 5.92 Å². The van der Waals surface area contributed by atoms with Gasteiger partial charge in [-0.1, -0.05) is 18.3 Å². The molecule has 0 spiro atoms. The summed E-state index contributed by atoms with van der Waals surface area (Å²) in [4.78, 5) is 0.